The molecule has 5 aromatic carbocycles. The van der Waals surface area contributed by atoms with Gasteiger partial charge in [0.1, 0.15) is 18.1 Å². The Morgan fingerprint density at radius 3 is 2.40 bits per heavy atom. The van der Waals surface area contributed by atoms with Crippen LogP contribution >= 0.6 is 23.1 Å². The number of anilines is 1. The first-order valence-electron chi connectivity index (χ1n) is 16.7. The van der Waals surface area contributed by atoms with E-state index in [1.807, 2.05) is 56.3 Å². The second kappa shape index (κ2) is 15.3. The van der Waals surface area contributed by atoms with Crippen LogP contribution in [0.1, 0.15) is 40.8 Å². The molecule has 2 heterocycles. The predicted octanol–water partition coefficient (Wildman–Crippen LogP) is 8.90. The lowest BCUT2D eigenvalue weighted by Gasteiger charge is -2.23. The highest BCUT2D eigenvalue weighted by Gasteiger charge is 2.48. The minimum absolute atomic E-state index is 0.0787. The summed E-state index contributed by atoms with van der Waals surface area (Å²) in [6.07, 6.45) is 0. The summed E-state index contributed by atoms with van der Waals surface area (Å²) >= 11 is 2.71. The molecule has 1 aliphatic heterocycles. The van der Waals surface area contributed by atoms with E-state index in [1.165, 1.54) is 35.1 Å². The van der Waals surface area contributed by atoms with Crippen molar-refractivity contribution in [2.24, 2.45) is 0 Å². The molecule has 0 aliphatic carbocycles. The van der Waals surface area contributed by atoms with Crippen LogP contribution in [0.4, 0.5) is 5.13 Å². The van der Waals surface area contributed by atoms with Crippen molar-refractivity contribution in [2.75, 3.05) is 18.6 Å². The van der Waals surface area contributed by atoms with Crippen LogP contribution in [-0.2, 0) is 21.9 Å². The average molecular weight is 730 g/mol. The van der Waals surface area contributed by atoms with Crippen molar-refractivity contribution in [3.8, 4) is 17.2 Å². The molecule has 6 aromatic rings. The van der Waals surface area contributed by atoms with Gasteiger partial charge in [0, 0.05) is 11.3 Å². The number of ether oxygens (including phenoxy) is 3. The molecule has 1 N–H and O–H groups in total. The molecule has 0 bridgehead atoms. The number of hydrogen-bond donors (Lipinski definition) is 1. The number of benzene rings is 5. The molecule has 262 valence electrons. The molecule has 1 saturated heterocycles. The number of aromatic nitrogens is 2. The number of amides is 1. The topological polar surface area (TPSA) is 111 Å². The van der Waals surface area contributed by atoms with Gasteiger partial charge in [-0.05, 0) is 83.3 Å². The predicted molar refractivity (Wildman–Crippen MR) is 204 cm³/mol. The molecular formula is C41H35N3O6S2. The third-order valence-electron chi connectivity index (χ3n) is 8.86. The Morgan fingerprint density at radius 2 is 1.62 bits per heavy atom. The number of rotatable bonds is 12. The van der Waals surface area contributed by atoms with Crippen LogP contribution < -0.4 is 19.1 Å². The van der Waals surface area contributed by atoms with Crippen LogP contribution in [0.5, 0.6) is 17.2 Å². The molecule has 1 fully saturated rings. The van der Waals surface area contributed by atoms with Crippen molar-refractivity contribution in [2.45, 2.75) is 36.6 Å². The number of thioether (sulfide) groups is 1. The Bertz CT molecular complexity index is 2300. The van der Waals surface area contributed by atoms with Crippen LogP contribution in [0.2, 0.25) is 0 Å². The summed E-state index contributed by atoms with van der Waals surface area (Å²) in [7, 11) is 1.52. The summed E-state index contributed by atoms with van der Waals surface area (Å²) in [6, 6.07) is 33.3. The number of aliphatic hydroxyl groups is 1. The Kier molecular flexibility index (Phi) is 10.2. The number of methoxy groups -OCH3 is 1. The van der Waals surface area contributed by atoms with Gasteiger partial charge in [0.25, 0.3) is 5.78 Å². The monoisotopic (exact) mass is 729 g/mol. The Balaban J connectivity index is 1.22. The summed E-state index contributed by atoms with van der Waals surface area (Å²) in [5.41, 5.74) is 4.14. The highest BCUT2D eigenvalue weighted by Crippen LogP contribution is 2.46. The molecule has 1 aromatic heterocycles. The van der Waals surface area contributed by atoms with Crippen LogP contribution in [-0.4, -0.2) is 40.7 Å². The quantitative estimate of drug-likeness (QED) is 0.0434. The largest absolute Gasteiger partial charge is 0.507 e. The number of ketones is 1. The first-order valence-corrected chi connectivity index (χ1v) is 18.5. The SMILES string of the molecule is CCOc1ccc(C2C(=C(O)c3ccc(OCc4ccccc4C)cc3)C(=O)C(=O)N2c2nnc(SCc3cccc4ccccc34)s2)cc1OC. The van der Waals surface area contributed by atoms with Crippen LogP contribution in [0.15, 0.2) is 119 Å². The van der Waals surface area contributed by atoms with Gasteiger partial charge in [0.2, 0.25) is 5.13 Å². The van der Waals surface area contributed by atoms with Gasteiger partial charge in [0.15, 0.2) is 15.8 Å². The van der Waals surface area contributed by atoms with E-state index in [9.17, 15) is 14.7 Å². The van der Waals surface area contributed by atoms with E-state index in [4.69, 9.17) is 14.2 Å². The molecule has 1 atom stereocenters. The van der Waals surface area contributed by atoms with E-state index < -0.39 is 17.7 Å². The molecule has 1 aliphatic rings. The lowest BCUT2D eigenvalue weighted by molar-refractivity contribution is -0.132. The number of carbonyl (C=O) groups is 2. The fourth-order valence-electron chi connectivity index (χ4n) is 6.19. The fraction of sp³-hybridized carbons (Fsp3) is 0.171. The number of Topliss-reactive ketones (excluding diaryl/α,β-unsaturated/α-hetero) is 1. The van der Waals surface area contributed by atoms with E-state index in [2.05, 4.69) is 34.5 Å². The van der Waals surface area contributed by atoms with E-state index in [-0.39, 0.29) is 16.5 Å². The van der Waals surface area contributed by atoms with Crippen LogP contribution in [0.25, 0.3) is 16.5 Å². The van der Waals surface area contributed by atoms with Crippen molar-refractivity contribution in [3.63, 3.8) is 0 Å². The molecule has 0 spiro atoms. The minimum atomic E-state index is -1.02. The maximum Gasteiger partial charge on any atom is 0.301 e. The highest BCUT2D eigenvalue weighted by molar-refractivity contribution is 8.00. The molecule has 1 unspecified atom stereocenters. The van der Waals surface area contributed by atoms with Crippen molar-refractivity contribution in [1.29, 1.82) is 0 Å². The van der Waals surface area contributed by atoms with Gasteiger partial charge in [-0.15, -0.1) is 10.2 Å². The van der Waals surface area contributed by atoms with Gasteiger partial charge < -0.3 is 19.3 Å². The average Bonchev–Trinajstić information content (AvgIpc) is 3.75. The zero-order valence-electron chi connectivity index (χ0n) is 28.7. The number of fused-ring (bicyclic) bond motifs is 1. The summed E-state index contributed by atoms with van der Waals surface area (Å²) < 4.78 is 18.0. The second-order valence-corrected chi connectivity index (χ2v) is 14.2. The zero-order valence-corrected chi connectivity index (χ0v) is 30.4. The van der Waals surface area contributed by atoms with E-state index in [0.29, 0.717) is 51.7 Å². The summed E-state index contributed by atoms with van der Waals surface area (Å²) in [4.78, 5) is 29.1. The van der Waals surface area contributed by atoms with Crippen LogP contribution in [0, 0.1) is 6.92 Å². The van der Waals surface area contributed by atoms with Crippen molar-refractivity contribution in [3.05, 3.63) is 143 Å². The van der Waals surface area contributed by atoms with Crippen LogP contribution in [0.3, 0.4) is 0 Å². The second-order valence-electron chi connectivity index (χ2n) is 12.0. The zero-order chi connectivity index (χ0) is 36.2. The highest BCUT2D eigenvalue weighted by atomic mass is 32.2. The van der Waals surface area contributed by atoms with Crippen molar-refractivity contribution < 1.29 is 28.9 Å². The maximum absolute atomic E-state index is 13.9. The van der Waals surface area contributed by atoms with Gasteiger partial charge >= 0.3 is 5.91 Å². The first kappa shape index (κ1) is 34.8. The number of carbonyl (C=O) groups excluding carboxylic acids is 2. The van der Waals surface area contributed by atoms with E-state index >= 15 is 0 Å². The standard InChI is InChI=1S/C41H35N3O6S2/c1-4-49-33-21-18-28(22-34(33)48-3)36-35(37(45)27-16-19-31(20-17-27)50-23-29-12-6-5-10-25(29)2)38(46)39(47)44(36)40-42-43-41(52-40)51-24-30-14-9-13-26-11-7-8-15-32(26)30/h5-22,36,45H,4,23-24H2,1-3H3. The molecule has 7 rings (SSSR count). The molecule has 0 radical (unpaired) electrons. The summed E-state index contributed by atoms with van der Waals surface area (Å²) in [6.45, 7) is 4.70. The number of aryl methyl sites for hydroxylation is 1. The molecule has 1 amide bonds. The number of hydrogen-bond acceptors (Lipinski definition) is 10. The molecule has 0 saturated carbocycles. The smallest absolute Gasteiger partial charge is 0.301 e. The first-order chi connectivity index (χ1) is 25.4. The van der Waals surface area contributed by atoms with Gasteiger partial charge in [-0.2, -0.15) is 0 Å². The summed E-state index contributed by atoms with van der Waals surface area (Å²) in [5, 5.41) is 23.1. The number of nitrogens with zero attached hydrogens (tertiary/aromatic N) is 3. The minimum Gasteiger partial charge on any atom is -0.507 e. The van der Waals surface area contributed by atoms with Gasteiger partial charge in [-0.25, -0.2) is 0 Å². The van der Waals surface area contributed by atoms with Gasteiger partial charge in [0.05, 0.1) is 25.3 Å². The number of aliphatic hydroxyl groups excluding tert-OH is 1. The Morgan fingerprint density at radius 1 is 0.865 bits per heavy atom. The van der Waals surface area contributed by atoms with Gasteiger partial charge in [-0.1, -0.05) is 95.9 Å². The fourth-order valence-corrected chi connectivity index (χ4v) is 8.06. The molecule has 9 nitrogen and oxygen atoms in total. The maximum atomic E-state index is 13.9. The lowest BCUT2D eigenvalue weighted by Crippen LogP contribution is -2.29. The lowest BCUT2D eigenvalue weighted by atomic mass is 9.95. The summed E-state index contributed by atoms with van der Waals surface area (Å²) in [5.74, 6) is 0.182. The molecule has 52 heavy (non-hydrogen) atoms. The van der Waals surface area contributed by atoms with E-state index in [0.717, 1.165) is 27.5 Å². The normalized spacial score (nSPS) is 15.3. The molecule has 11 heteroatoms. The molecular weight excluding hydrogens is 695 g/mol. The van der Waals surface area contributed by atoms with E-state index in [1.54, 1.807) is 42.5 Å². The Hall–Kier alpha value is -5.65. The third kappa shape index (κ3) is 6.97. The third-order valence-corrected chi connectivity index (χ3v) is 11.0. The van der Waals surface area contributed by atoms with Gasteiger partial charge in [-0.3, -0.25) is 14.5 Å². The van der Waals surface area contributed by atoms with Crippen molar-refractivity contribution >= 4 is 56.5 Å². The Labute approximate surface area is 309 Å². The van der Waals surface area contributed by atoms with Crippen molar-refractivity contribution in [1.82, 2.24) is 10.2 Å².